The van der Waals surface area contributed by atoms with Crippen LogP contribution in [0.15, 0.2) is 18.2 Å². The molecule has 0 aliphatic heterocycles. The Balaban J connectivity index is 0.000000533. The van der Waals surface area contributed by atoms with Crippen LogP contribution in [0.4, 0.5) is 3.89 Å². The summed E-state index contributed by atoms with van der Waals surface area (Å²) < 4.78 is 25.3. The van der Waals surface area contributed by atoms with Crippen molar-refractivity contribution in [1.82, 2.24) is 0 Å². The number of esters is 2. The molecule has 8 nitrogen and oxygen atoms in total. The average Bonchev–Trinajstić information content (AvgIpc) is 2.59. The number of nitro groups is 1. The van der Waals surface area contributed by atoms with Crippen LogP contribution in [0.25, 0.3) is 0 Å². The molecule has 0 saturated heterocycles. The first-order chi connectivity index (χ1) is 12.8. The van der Waals surface area contributed by atoms with Crippen molar-refractivity contribution in [2.24, 2.45) is 5.92 Å². The van der Waals surface area contributed by atoms with Crippen LogP contribution in [-0.2, 0) is 19.1 Å². The third-order valence-electron chi connectivity index (χ3n) is 2.76. The lowest BCUT2D eigenvalue weighted by atomic mass is 10.1. The molecule has 0 heterocycles. The number of carbonyl (C=O) groups is 2. The Kier molecular flexibility index (Phi) is 13.4. The zero-order chi connectivity index (χ0) is 20.8. The van der Waals surface area contributed by atoms with Gasteiger partial charge in [0.2, 0.25) is 6.54 Å². The maximum absolute atomic E-state index is 11.5. The van der Waals surface area contributed by atoms with Crippen LogP contribution in [-0.4, -0.2) is 36.6 Å². The van der Waals surface area contributed by atoms with Crippen molar-refractivity contribution in [3.8, 4) is 5.75 Å². The summed E-state index contributed by atoms with van der Waals surface area (Å²) in [6, 6.07) is 4.51. The molecule has 0 aromatic heterocycles. The molecule has 0 aliphatic carbocycles. The molecule has 152 valence electrons. The average molecular weight is 446 g/mol. The monoisotopic (exact) mass is 445 g/mol. The predicted molar refractivity (Wildman–Crippen MR) is 99.0 cm³/mol. The van der Waals surface area contributed by atoms with Crippen molar-refractivity contribution >= 4 is 47.6 Å². The standard InChI is InChI=1S/C9H15NO6.C6H3Cl2FOS/c1-3-15-8(11)7(5-6-10(13)14)9(12)16-4-2;7-5-2-1-4(10-11-9)3-6(5)8/h7H,3-6H2,1-2H3;1-3H. The van der Waals surface area contributed by atoms with E-state index in [9.17, 15) is 23.6 Å². The second-order valence-electron chi connectivity index (χ2n) is 4.62. The number of halogens is 3. The van der Waals surface area contributed by atoms with Gasteiger partial charge in [-0.3, -0.25) is 19.7 Å². The summed E-state index contributed by atoms with van der Waals surface area (Å²) in [6.45, 7) is 2.95. The molecule has 1 rings (SSSR count). The lowest BCUT2D eigenvalue weighted by Gasteiger charge is -2.12. The summed E-state index contributed by atoms with van der Waals surface area (Å²) >= 11 is 11.0. The quantitative estimate of drug-likeness (QED) is 0.182. The molecular weight excluding hydrogens is 428 g/mol. The molecule has 0 fully saturated rings. The van der Waals surface area contributed by atoms with Crippen LogP contribution in [0.2, 0.25) is 10.0 Å². The lowest BCUT2D eigenvalue weighted by Crippen LogP contribution is -2.30. The van der Waals surface area contributed by atoms with Gasteiger partial charge >= 0.3 is 11.9 Å². The van der Waals surface area contributed by atoms with Gasteiger partial charge in [-0.25, -0.2) is 0 Å². The van der Waals surface area contributed by atoms with Crippen molar-refractivity contribution in [3.63, 3.8) is 0 Å². The maximum atomic E-state index is 11.5. The number of carbonyl (C=O) groups excluding carboxylic acids is 2. The molecule has 0 atom stereocenters. The Morgan fingerprint density at radius 1 is 1.19 bits per heavy atom. The number of ether oxygens (including phenoxy) is 2. The van der Waals surface area contributed by atoms with Gasteiger partial charge in [-0.2, -0.15) is 0 Å². The van der Waals surface area contributed by atoms with Gasteiger partial charge in [-0.15, -0.1) is 3.89 Å². The van der Waals surface area contributed by atoms with Gasteiger partial charge in [-0.1, -0.05) is 23.2 Å². The first-order valence-corrected chi connectivity index (χ1v) is 9.01. The fourth-order valence-electron chi connectivity index (χ4n) is 1.62. The molecule has 27 heavy (non-hydrogen) atoms. The largest absolute Gasteiger partial charge is 0.465 e. The van der Waals surface area contributed by atoms with Crippen molar-refractivity contribution in [3.05, 3.63) is 38.4 Å². The Morgan fingerprint density at radius 3 is 2.15 bits per heavy atom. The fourth-order valence-corrected chi connectivity index (χ4v) is 2.08. The molecule has 0 N–H and O–H groups in total. The molecule has 0 spiro atoms. The summed E-state index contributed by atoms with van der Waals surface area (Å²) in [5.74, 6) is -2.41. The van der Waals surface area contributed by atoms with Gasteiger partial charge in [0.15, 0.2) is 5.92 Å². The van der Waals surface area contributed by atoms with Gasteiger partial charge in [0, 0.05) is 17.4 Å². The molecule has 0 aliphatic rings. The molecular formula is C15H18Cl2FNO7S. The smallest absolute Gasteiger partial charge is 0.320 e. The van der Waals surface area contributed by atoms with E-state index in [-0.39, 0.29) is 32.1 Å². The Hall–Kier alpha value is -1.78. The normalized spacial score (nSPS) is 9.85. The SMILES string of the molecule is CCOC(=O)C(CC[N+](=O)[O-])C(=O)OCC.FSOc1ccc(Cl)c(Cl)c1. The van der Waals surface area contributed by atoms with Gasteiger partial charge in [0.05, 0.1) is 23.3 Å². The van der Waals surface area contributed by atoms with E-state index in [0.717, 1.165) is 0 Å². The molecule has 12 heteroatoms. The molecule has 1 aromatic carbocycles. The first-order valence-electron chi connectivity index (χ1n) is 7.62. The van der Waals surface area contributed by atoms with Crippen LogP contribution < -0.4 is 4.18 Å². The first kappa shape index (κ1) is 25.2. The van der Waals surface area contributed by atoms with Crippen molar-refractivity contribution in [2.75, 3.05) is 19.8 Å². The minimum Gasteiger partial charge on any atom is -0.465 e. The minimum atomic E-state index is -1.20. The molecule has 0 unspecified atom stereocenters. The summed E-state index contributed by atoms with van der Waals surface area (Å²) in [6.07, 6.45) is -0.204. The molecule has 1 aromatic rings. The van der Waals surface area contributed by atoms with Crippen LogP contribution >= 0.6 is 35.6 Å². The second kappa shape index (κ2) is 14.3. The highest BCUT2D eigenvalue weighted by atomic mass is 35.5. The number of hydrogen-bond donors (Lipinski definition) is 0. The third-order valence-corrected chi connectivity index (χ3v) is 3.76. The van der Waals surface area contributed by atoms with E-state index >= 15 is 0 Å². The Labute approximate surface area is 169 Å². The number of benzene rings is 1. The highest BCUT2D eigenvalue weighted by molar-refractivity contribution is 7.89. The molecule has 0 amide bonds. The fraction of sp³-hybridized carbons (Fsp3) is 0.467. The number of nitrogens with zero attached hydrogens (tertiary/aromatic N) is 1. The summed E-state index contributed by atoms with van der Waals surface area (Å²) in [5.41, 5.74) is 0. The Bertz CT molecular complexity index is 618. The minimum absolute atomic E-state index is 0.118. The van der Waals surface area contributed by atoms with E-state index in [1.807, 2.05) is 0 Å². The van der Waals surface area contributed by atoms with Crippen molar-refractivity contribution < 1.29 is 32.1 Å². The summed E-state index contributed by atoms with van der Waals surface area (Å²) in [7, 11) is 0. The Morgan fingerprint density at radius 2 is 1.74 bits per heavy atom. The zero-order valence-electron chi connectivity index (χ0n) is 14.5. The van der Waals surface area contributed by atoms with Gasteiger partial charge in [0.25, 0.3) is 12.4 Å². The highest BCUT2D eigenvalue weighted by Gasteiger charge is 2.30. The second-order valence-corrected chi connectivity index (χ2v) is 5.73. The number of hydrogen-bond acceptors (Lipinski definition) is 8. The van der Waals surface area contributed by atoms with Crippen LogP contribution in [0.3, 0.4) is 0 Å². The van der Waals surface area contributed by atoms with Gasteiger partial charge in [-0.05, 0) is 26.0 Å². The van der Waals surface area contributed by atoms with E-state index in [1.54, 1.807) is 13.8 Å². The van der Waals surface area contributed by atoms with E-state index in [4.69, 9.17) is 23.2 Å². The van der Waals surface area contributed by atoms with Crippen LogP contribution in [0, 0.1) is 16.0 Å². The van der Waals surface area contributed by atoms with E-state index in [1.165, 1.54) is 18.2 Å². The highest BCUT2D eigenvalue weighted by Crippen LogP contribution is 2.27. The van der Waals surface area contributed by atoms with E-state index < -0.39 is 29.3 Å². The molecule has 0 radical (unpaired) electrons. The number of rotatable bonds is 9. The van der Waals surface area contributed by atoms with Gasteiger partial charge in [0.1, 0.15) is 5.75 Å². The van der Waals surface area contributed by atoms with E-state index in [2.05, 4.69) is 13.7 Å². The van der Waals surface area contributed by atoms with E-state index in [0.29, 0.717) is 15.8 Å². The summed E-state index contributed by atoms with van der Waals surface area (Å²) in [4.78, 5) is 32.2. The third kappa shape index (κ3) is 10.8. The lowest BCUT2D eigenvalue weighted by molar-refractivity contribution is -0.481. The van der Waals surface area contributed by atoms with Crippen LogP contribution in [0.1, 0.15) is 20.3 Å². The maximum Gasteiger partial charge on any atom is 0.320 e. The van der Waals surface area contributed by atoms with Crippen molar-refractivity contribution in [1.29, 1.82) is 0 Å². The predicted octanol–water partition coefficient (Wildman–Crippen LogP) is 4.30. The molecule has 0 bridgehead atoms. The summed E-state index contributed by atoms with van der Waals surface area (Å²) in [5, 5.41) is 10.9. The van der Waals surface area contributed by atoms with Crippen molar-refractivity contribution in [2.45, 2.75) is 20.3 Å². The zero-order valence-corrected chi connectivity index (χ0v) is 16.8. The topological polar surface area (TPSA) is 105 Å². The van der Waals surface area contributed by atoms with Crippen LogP contribution in [0.5, 0.6) is 5.75 Å². The van der Waals surface area contributed by atoms with Gasteiger partial charge < -0.3 is 13.7 Å². The molecule has 0 saturated carbocycles.